The maximum atomic E-state index is 12.7. The molecule has 0 spiro atoms. The fourth-order valence-electron chi connectivity index (χ4n) is 3.91. The number of pyridine rings is 2. The highest BCUT2D eigenvalue weighted by molar-refractivity contribution is 8.03. The van der Waals surface area contributed by atoms with Crippen LogP contribution in [-0.2, 0) is 0 Å². The smallest absolute Gasteiger partial charge is 0.192 e. The van der Waals surface area contributed by atoms with Gasteiger partial charge in [-0.3, -0.25) is 9.36 Å². The van der Waals surface area contributed by atoms with Gasteiger partial charge in [-0.2, -0.15) is 0 Å². The van der Waals surface area contributed by atoms with E-state index in [1.165, 1.54) is 17.7 Å². The van der Waals surface area contributed by atoms with E-state index in [0.29, 0.717) is 11.3 Å². The second-order valence-corrected chi connectivity index (χ2v) is 8.32. The van der Waals surface area contributed by atoms with Crippen LogP contribution >= 0.6 is 11.8 Å². The molecule has 2 atom stereocenters. The first-order valence-corrected chi connectivity index (χ1v) is 9.99. The monoisotopic (exact) mass is 360 g/mol. The standard InChI is InChI=1S/C22H20N2OS/c1-14-10-11-17-19(25)13-21(26-20-9-5-6-15-12-18(15)20)24(22(17)23-14)16-7-3-2-4-8-16/h2-4,7-11,13,15,18H,5-6,12H2,1H3. The van der Waals surface area contributed by atoms with Gasteiger partial charge in [-0.05, 0) is 67.2 Å². The fourth-order valence-corrected chi connectivity index (χ4v) is 5.24. The van der Waals surface area contributed by atoms with E-state index in [2.05, 4.69) is 22.8 Å². The molecule has 2 aliphatic rings. The van der Waals surface area contributed by atoms with Crippen LogP contribution in [0.5, 0.6) is 0 Å². The van der Waals surface area contributed by atoms with E-state index in [-0.39, 0.29) is 5.43 Å². The molecule has 1 saturated carbocycles. The number of thioether (sulfide) groups is 1. The zero-order valence-corrected chi connectivity index (χ0v) is 15.5. The third-order valence-electron chi connectivity index (χ3n) is 5.37. The third kappa shape index (κ3) is 2.69. The summed E-state index contributed by atoms with van der Waals surface area (Å²) < 4.78 is 2.14. The summed E-state index contributed by atoms with van der Waals surface area (Å²) in [5, 5.41) is 1.64. The van der Waals surface area contributed by atoms with Gasteiger partial charge in [-0.1, -0.05) is 36.0 Å². The highest BCUT2D eigenvalue weighted by atomic mass is 32.2. The molecule has 3 nitrogen and oxygen atoms in total. The topological polar surface area (TPSA) is 34.9 Å². The molecular weight excluding hydrogens is 340 g/mol. The number of aryl methyl sites for hydroxylation is 1. The van der Waals surface area contributed by atoms with Gasteiger partial charge in [-0.15, -0.1) is 0 Å². The second kappa shape index (κ2) is 6.13. The van der Waals surface area contributed by atoms with Gasteiger partial charge in [0.05, 0.1) is 10.4 Å². The first-order valence-electron chi connectivity index (χ1n) is 9.17. The van der Waals surface area contributed by atoms with Crippen molar-refractivity contribution in [2.75, 3.05) is 0 Å². The molecule has 3 aromatic rings. The van der Waals surface area contributed by atoms with Crippen LogP contribution in [0.25, 0.3) is 16.7 Å². The summed E-state index contributed by atoms with van der Waals surface area (Å²) in [5.74, 6) is 1.56. The summed E-state index contributed by atoms with van der Waals surface area (Å²) in [5.41, 5.74) is 2.76. The minimum Gasteiger partial charge on any atom is -0.289 e. The molecule has 0 amide bonds. The van der Waals surface area contributed by atoms with Crippen molar-refractivity contribution in [1.29, 1.82) is 0 Å². The van der Waals surface area contributed by atoms with Crippen molar-refractivity contribution in [3.05, 3.63) is 75.4 Å². The molecule has 26 heavy (non-hydrogen) atoms. The molecule has 130 valence electrons. The quantitative estimate of drug-likeness (QED) is 0.652. The van der Waals surface area contributed by atoms with Crippen LogP contribution in [-0.4, -0.2) is 9.55 Å². The third-order valence-corrected chi connectivity index (χ3v) is 6.59. The van der Waals surface area contributed by atoms with Gasteiger partial charge in [0.25, 0.3) is 0 Å². The van der Waals surface area contributed by atoms with Crippen LogP contribution in [0.15, 0.2) is 69.3 Å². The Bertz CT molecular complexity index is 1080. The van der Waals surface area contributed by atoms with Gasteiger partial charge in [-0.25, -0.2) is 4.98 Å². The van der Waals surface area contributed by atoms with Gasteiger partial charge >= 0.3 is 0 Å². The number of aromatic nitrogens is 2. The Kier molecular flexibility index (Phi) is 3.75. The Morgan fingerprint density at radius 2 is 2.00 bits per heavy atom. The summed E-state index contributed by atoms with van der Waals surface area (Å²) in [6, 6.07) is 15.8. The highest BCUT2D eigenvalue weighted by Crippen LogP contribution is 2.55. The molecule has 2 aromatic heterocycles. The molecule has 0 aliphatic heterocycles. The molecule has 0 bridgehead atoms. The first kappa shape index (κ1) is 15.9. The predicted octanol–water partition coefficient (Wildman–Crippen LogP) is 5.10. The van der Waals surface area contributed by atoms with E-state index < -0.39 is 0 Å². The van der Waals surface area contributed by atoms with E-state index in [1.807, 2.05) is 37.3 Å². The molecular formula is C22H20N2OS. The normalized spacial score (nSPS) is 21.3. The SMILES string of the molecule is Cc1ccc2c(=O)cc(SC3=CCCC4CC34)n(-c3ccccc3)c2n1. The summed E-state index contributed by atoms with van der Waals surface area (Å²) in [6.07, 6.45) is 6.15. The summed E-state index contributed by atoms with van der Waals surface area (Å²) in [6.45, 7) is 1.97. The number of hydrogen-bond donors (Lipinski definition) is 0. The lowest BCUT2D eigenvalue weighted by atomic mass is 10.1. The number of allylic oxidation sites excluding steroid dienone is 2. The Balaban J connectivity index is 1.74. The highest BCUT2D eigenvalue weighted by Gasteiger charge is 2.41. The van der Waals surface area contributed by atoms with E-state index in [4.69, 9.17) is 4.98 Å². The summed E-state index contributed by atoms with van der Waals surface area (Å²) in [7, 11) is 0. The maximum absolute atomic E-state index is 12.7. The lowest BCUT2D eigenvalue weighted by molar-refractivity contribution is 0.677. The minimum atomic E-state index is 0.0472. The van der Waals surface area contributed by atoms with Crippen molar-refractivity contribution in [2.24, 2.45) is 11.8 Å². The predicted molar refractivity (Wildman–Crippen MR) is 107 cm³/mol. The van der Waals surface area contributed by atoms with Crippen molar-refractivity contribution in [3.8, 4) is 5.69 Å². The largest absolute Gasteiger partial charge is 0.289 e. The average molecular weight is 360 g/mol. The van der Waals surface area contributed by atoms with E-state index in [1.54, 1.807) is 17.8 Å². The Morgan fingerprint density at radius 1 is 1.15 bits per heavy atom. The molecule has 2 aliphatic carbocycles. The summed E-state index contributed by atoms with van der Waals surface area (Å²) in [4.78, 5) is 18.9. The van der Waals surface area contributed by atoms with E-state index in [0.717, 1.165) is 34.4 Å². The minimum absolute atomic E-state index is 0.0472. The Labute approximate surface area is 156 Å². The molecule has 0 radical (unpaired) electrons. The number of para-hydroxylation sites is 1. The first-order chi connectivity index (χ1) is 12.7. The zero-order valence-electron chi connectivity index (χ0n) is 14.7. The second-order valence-electron chi connectivity index (χ2n) is 7.23. The molecule has 4 heteroatoms. The van der Waals surface area contributed by atoms with Gasteiger partial charge in [0.1, 0.15) is 5.65 Å². The number of hydrogen-bond acceptors (Lipinski definition) is 3. The van der Waals surface area contributed by atoms with Crippen LogP contribution in [0.2, 0.25) is 0 Å². The Morgan fingerprint density at radius 3 is 2.85 bits per heavy atom. The molecule has 5 rings (SSSR count). The number of rotatable bonds is 3. The fraction of sp³-hybridized carbons (Fsp3) is 0.273. The van der Waals surface area contributed by atoms with Crippen molar-refractivity contribution < 1.29 is 0 Å². The summed E-state index contributed by atoms with van der Waals surface area (Å²) >= 11 is 1.75. The van der Waals surface area contributed by atoms with Crippen LogP contribution in [0, 0.1) is 18.8 Å². The molecule has 0 N–H and O–H groups in total. The lowest BCUT2D eigenvalue weighted by Gasteiger charge is -2.18. The van der Waals surface area contributed by atoms with Crippen LogP contribution in [0.1, 0.15) is 25.0 Å². The van der Waals surface area contributed by atoms with E-state index in [9.17, 15) is 4.79 Å². The number of benzene rings is 1. The van der Waals surface area contributed by atoms with E-state index >= 15 is 0 Å². The van der Waals surface area contributed by atoms with Gasteiger partial charge in [0, 0.05) is 17.4 Å². The molecule has 2 unspecified atom stereocenters. The lowest BCUT2D eigenvalue weighted by Crippen LogP contribution is -2.12. The van der Waals surface area contributed by atoms with Crippen molar-refractivity contribution in [1.82, 2.24) is 9.55 Å². The van der Waals surface area contributed by atoms with Crippen LogP contribution in [0.4, 0.5) is 0 Å². The van der Waals surface area contributed by atoms with Crippen LogP contribution < -0.4 is 5.43 Å². The molecule has 1 aromatic carbocycles. The maximum Gasteiger partial charge on any atom is 0.192 e. The van der Waals surface area contributed by atoms with Crippen LogP contribution in [0.3, 0.4) is 0 Å². The molecule has 0 saturated heterocycles. The van der Waals surface area contributed by atoms with Crippen molar-refractivity contribution in [2.45, 2.75) is 31.2 Å². The Hall–Kier alpha value is -2.33. The number of fused-ring (bicyclic) bond motifs is 2. The number of nitrogens with zero attached hydrogens (tertiary/aromatic N) is 2. The van der Waals surface area contributed by atoms with Crippen molar-refractivity contribution in [3.63, 3.8) is 0 Å². The molecule has 1 fully saturated rings. The average Bonchev–Trinajstić information content (AvgIpc) is 3.43. The molecule has 2 heterocycles. The van der Waals surface area contributed by atoms with Gasteiger partial charge < -0.3 is 0 Å². The van der Waals surface area contributed by atoms with Gasteiger partial charge in [0.15, 0.2) is 5.43 Å². The van der Waals surface area contributed by atoms with Gasteiger partial charge in [0.2, 0.25) is 0 Å². The zero-order chi connectivity index (χ0) is 17.7. The van der Waals surface area contributed by atoms with Crippen molar-refractivity contribution >= 4 is 22.8 Å².